The molecule has 0 amide bonds. The van der Waals surface area contributed by atoms with Gasteiger partial charge >= 0.3 is 5.97 Å². The summed E-state index contributed by atoms with van der Waals surface area (Å²) in [7, 11) is 0. The van der Waals surface area contributed by atoms with Crippen LogP contribution in [0.15, 0.2) is 29.6 Å². The van der Waals surface area contributed by atoms with E-state index in [9.17, 15) is 9.90 Å². The van der Waals surface area contributed by atoms with Gasteiger partial charge in [-0.1, -0.05) is 13.0 Å². The molecule has 1 aromatic carbocycles. The smallest absolute Gasteiger partial charge is 0.352 e. The molecular weight excluding hydrogens is 502 g/mol. The summed E-state index contributed by atoms with van der Waals surface area (Å²) in [5, 5.41) is 22.5. The number of aromatic carboxylic acids is 1. The summed E-state index contributed by atoms with van der Waals surface area (Å²) in [5.74, 6) is 0.0788. The standard InChI is InChI=1S/C14H29N3O.C14H12N2O3S/c1-11-9-17(8-5-14(11)18)12(2)10-16-6-3-13(15)4-7-16;1-8-15-9(7-20-8)6-19-13-4-2-3-11-10(13)5-12(16-11)14(17)18/h11-14,18H,3-10,15H2,1-2H3;2-5,7,16H,6H2,1H3,(H,17,18)/t11-,12+,14-;/m1./s1. The Kier molecular flexibility index (Phi) is 9.78. The Morgan fingerprint density at radius 1 is 1.29 bits per heavy atom. The van der Waals surface area contributed by atoms with Crippen LogP contribution in [0, 0.1) is 12.8 Å². The second-order valence-electron chi connectivity index (χ2n) is 10.7. The number of piperidine rings is 2. The molecule has 208 valence electrons. The number of aryl methyl sites for hydroxylation is 1. The highest BCUT2D eigenvalue weighted by Crippen LogP contribution is 2.27. The molecule has 4 heterocycles. The van der Waals surface area contributed by atoms with Crippen molar-refractivity contribution in [1.29, 1.82) is 0 Å². The molecule has 0 unspecified atom stereocenters. The minimum absolute atomic E-state index is 0.0959. The lowest BCUT2D eigenvalue weighted by Crippen LogP contribution is -2.51. The Morgan fingerprint density at radius 3 is 2.71 bits per heavy atom. The number of nitrogens with two attached hydrogens (primary N) is 1. The molecule has 5 rings (SSSR count). The van der Waals surface area contributed by atoms with Crippen LogP contribution < -0.4 is 10.5 Å². The fourth-order valence-corrected chi connectivity index (χ4v) is 5.78. The molecule has 2 aromatic heterocycles. The highest BCUT2D eigenvalue weighted by molar-refractivity contribution is 7.09. The Bertz CT molecular complexity index is 1190. The first-order valence-corrected chi connectivity index (χ1v) is 14.4. The predicted octanol–water partition coefficient (Wildman–Crippen LogP) is 3.71. The largest absolute Gasteiger partial charge is 0.487 e. The molecule has 10 heteroatoms. The number of ether oxygens (including phenoxy) is 1. The van der Waals surface area contributed by atoms with Crippen molar-refractivity contribution < 1.29 is 19.7 Å². The van der Waals surface area contributed by atoms with Gasteiger partial charge in [-0.15, -0.1) is 11.3 Å². The predicted molar refractivity (Wildman–Crippen MR) is 151 cm³/mol. The lowest BCUT2D eigenvalue weighted by atomic mass is 9.95. The monoisotopic (exact) mass is 543 g/mol. The Hall–Kier alpha value is -2.50. The van der Waals surface area contributed by atoms with Crippen molar-refractivity contribution in [2.24, 2.45) is 11.7 Å². The third-order valence-electron chi connectivity index (χ3n) is 7.57. The van der Waals surface area contributed by atoms with Gasteiger partial charge in [0.1, 0.15) is 18.1 Å². The number of fused-ring (bicyclic) bond motifs is 1. The number of carboxylic acids is 1. The van der Waals surface area contributed by atoms with Gasteiger partial charge in [-0.25, -0.2) is 9.78 Å². The summed E-state index contributed by atoms with van der Waals surface area (Å²) >= 11 is 1.58. The van der Waals surface area contributed by atoms with Gasteiger partial charge in [0.05, 0.1) is 16.8 Å². The summed E-state index contributed by atoms with van der Waals surface area (Å²) in [4.78, 5) is 23.2. The first-order chi connectivity index (χ1) is 18.2. The van der Waals surface area contributed by atoms with Gasteiger partial charge in [-0.3, -0.25) is 4.90 Å². The number of aliphatic hydroxyl groups is 1. The number of carbonyl (C=O) groups is 1. The molecule has 0 aliphatic carbocycles. The number of hydrogen-bond donors (Lipinski definition) is 4. The van der Waals surface area contributed by atoms with Crippen molar-refractivity contribution in [1.82, 2.24) is 19.8 Å². The Morgan fingerprint density at radius 2 is 2.05 bits per heavy atom. The molecule has 2 saturated heterocycles. The van der Waals surface area contributed by atoms with Crippen molar-refractivity contribution in [2.75, 3.05) is 32.7 Å². The number of nitrogens with zero attached hydrogens (tertiary/aromatic N) is 3. The highest BCUT2D eigenvalue weighted by atomic mass is 32.1. The maximum atomic E-state index is 11.0. The Labute approximate surface area is 228 Å². The first kappa shape index (κ1) is 28.5. The van der Waals surface area contributed by atoms with Crippen molar-refractivity contribution >= 4 is 28.2 Å². The first-order valence-electron chi connectivity index (χ1n) is 13.5. The van der Waals surface area contributed by atoms with Crippen LogP contribution in [0.4, 0.5) is 0 Å². The average molecular weight is 544 g/mol. The molecule has 5 N–H and O–H groups in total. The van der Waals surface area contributed by atoms with E-state index in [1.54, 1.807) is 17.4 Å². The summed E-state index contributed by atoms with van der Waals surface area (Å²) in [6.45, 7) is 12.3. The fourth-order valence-electron chi connectivity index (χ4n) is 5.19. The van der Waals surface area contributed by atoms with Crippen LogP contribution in [0.2, 0.25) is 0 Å². The second-order valence-corrected chi connectivity index (χ2v) is 11.7. The molecule has 0 bridgehead atoms. The molecule has 3 atom stereocenters. The third-order valence-corrected chi connectivity index (χ3v) is 8.39. The van der Waals surface area contributed by atoms with E-state index in [1.807, 2.05) is 30.5 Å². The van der Waals surface area contributed by atoms with E-state index in [0.29, 0.717) is 30.4 Å². The number of likely N-dealkylation sites (tertiary alicyclic amines) is 2. The van der Waals surface area contributed by atoms with E-state index in [0.717, 1.165) is 73.6 Å². The quantitative estimate of drug-likeness (QED) is 0.355. The zero-order chi connectivity index (χ0) is 27.2. The van der Waals surface area contributed by atoms with E-state index in [2.05, 4.69) is 33.6 Å². The maximum Gasteiger partial charge on any atom is 0.352 e. The van der Waals surface area contributed by atoms with Crippen LogP contribution in [0.25, 0.3) is 10.9 Å². The fraction of sp³-hybridized carbons (Fsp3) is 0.571. The number of aliphatic hydroxyl groups excluding tert-OH is 1. The number of carboxylic acid groups (broad SMARTS) is 1. The lowest BCUT2D eigenvalue weighted by Gasteiger charge is -2.41. The van der Waals surface area contributed by atoms with Gasteiger partial charge in [0.25, 0.3) is 0 Å². The van der Waals surface area contributed by atoms with E-state index < -0.39 is 5.97 Å². The van der Waals surface area contributed by atoms with E-state index in [4.69, 9.17) is 15.6 Å². The van der Waals surface area contributed by atoms with Crippen LogP contribution in [0.3, 0.4) is 0 Å². The maximum absolute atomic E-state index is 11.0. The van der Waals surface area contributed by atoms with E-state index in [1.165, 1.54) is 0 Å². The summed E-state index contributed by atoms with van der Waals surface area (Å²) in [6.07, 6.45) is 3.11. The molecule has 2 aliphatic rings. The van der Waals surface area contributed by atoms with Crippen molar-refractivity contribution in [3.8, 4) is 5.75 Å². The normalized spacial score (nSPS) is 22.1. The van der Waals surface area contributed by atoms with Crippen LogP contribution in [0.1, 0.15) is 54.3 Å². The van der Waals surface area contributed by atoms with Gasteiger partial charge in [0.2, 0.25) is 0 Å². The number of hydrogen-bond acceptors (Lipinski definition) is 8. The molecule has 2 aliphatic heterocycles. The van der Waals surface area contributed by atoms with Crippen LogP contribution in [-0.2, 0) is 6.61 Å². The van der Waals surface area contributed by atoms with Crippen molar-refractivity contribution in [2.45, 2.75) is 64.8 Å². The van der Waals surface area contributed by atoms with Gasteiger partial charge in [-0.2, -0.15) is 0 Å². The van der Waals surface area contributed by atoms with Crippen LogP contribution in [0.5, 0.6) is 5.75 Å². The van der Waals surface area contributed by atoms with Crippen molar-refractivity contribution in [3.05, 3.63) is 46.0 Å². The number of rotatable bonds is 7. The minimum Gasteiger partial charge on any atom is -0.487 e. The average Bonchev–Trinajstić information content (AvgIpc) is 3.52. The van der Waals surface area contributed by atoms with Gasteiger partial charge in [-0.05, 0) is 70.3 Å². The number of H-pyrrole nitrogens is 1. The molecular formula is C28H41N5O4S. The zero-order valence-electron chi connectivity index (χ0n) is 22.6. The third kappa shape index (κ3) is 7.54. The highest BCUT2D eigenvalue weighted by Gasteiger charge is 2.28. The summed E-state index contributed by atoms with van der Waals surface area (Å²) in [5.41, 5.74) is 7.71. The van der Waals surface area contributed by atoms with Crippen LogP contribution in [-0.4, -0.2) is 86.9 Å². The number of aromatic nitrogens is 2. The molecule has 38 heavy (non-hydrogen) atoms. The minimum atomic E-state index is -0.984. The Balaban J connectivity index is 0.000000178. The lowest BCUT2D eigenvalue weighted by molar-refractivity contribution is 0.0119. The molecule has 2 fully saturated rings. The number of aromatic amines is 1. The van der Waals surface area contributed by atoms with Crippen molar-refractivity contribution in [3.63, 3.8) is 0 Å². The number of nitrogens with one attached hydrogen (secondary N) is 1. The SMILES string of the molecule is C[C@@H]1CN([C@@H](C)CN2CCC(N)CC2)CC[C@H]1O.Cc1nc(COc2cccc3[nH]c(C(=O)O)cc23)cs1. The number of benzene rings is 1. The molecule has 3 aromatic rings. The van der Waals surface area contributed by atoms with E-state index >= 15 is 0 Å². The second kappa shape index (κ2) is 13.0. The van der Waals surface area contributed by atoms with E-state index in [-0.39, 0.29) is 11.8 Å². The summed E-state index contributed by atoms with van der Waals surface area (Å²) < 4.78 is 5.74. The van der Waals surface area contributed by atoms with Gasteiger partial charge in [0, 0.05) is 48.0 Å². The summed E-state index contributed by atoms with van der Waals surface area (Å²) in [6, 6.07) is 8.06. The van der Waals surface area contributed by atoms with Gasteiger partial charge < -0.3 is 30.6 Å². The van der Waals surface area contributed by atoms with Crippen LogP contribution >= 0.6 is 11.3 Å². The topological polar surface area (TPSA) is 128 Å². The molecule has 0 spiro atoms. The number of thiazole rings is 1. The van der Waals surface area contributed by atoms with Gasteiger partial charge in [0.15, 0.2) is 0 Å². The molecule has 0 radical (unpaired) electrons. The zero-order valence-corrected chi connectivity index (χ0v) is 23.4. The molecule has 9 nitrogen and oxygen atoms in total. The molecule has 0 saturated carbocycles.